The lowest BCUT2D eigenvalue weighted by Gasteiger charge is -2.05. The molecule has 0 radical (unpaired) electrons. The van der Waals surface area contributed by atoms with E-state index >= 15 is 0 Å². The first-order valence-electron chi connectivity index (χ1n) is 3.41. The molecule has 0 unspecified atom stereocenters. The number of hydrogen-bond donors (Lipinski definition) is 2. The topological polar surface area (TPSA) is 64.3 Å². The molecule has 0 aliphatic rings. The summed E-state index contributed by atoms with van der Waals surface area (Å²) < 4.78 is 4.93. The maximum atomic E-state index is 10.1. The number of hydrogen-bond acceptors (Lipinski definition) is 3. The van der Waals surface area contributed by atoms with Crippen LogP contribution in [0.2, 0.25) is 0 Å². The number of carbonyl (C=O) groups is 1. The molecule has 0 aromatic heterocycles. The second-order valence-corrected chi connectivity index (χ2v) is 2.22. The maximum absolute atomic E-state index is 10.1. The van der Waals surface area contributed by atoms with Crippen LogP contribution in [0.5, 0.6) is 5.75 Å². The van der Waals surface area contributed by atoms with Gasteiger partial charge in [-0.1, -0.05) is 0 Å². The lowest BCUT2D eigenvalue weighted by molar-refractivity contribution is -0.105. The van der Waals surface area contributed by atoms with Gasteiger partial charge in [0.25, 0.3) is 0 Å². The van der Waals surface area contributed by atoms with Gasteiger partial charge in [-0.25, -0.2) is 0 Å². The van der Waals surface area contributed by atoms with Crippen molar-refractivity contribution in [2.75, 3.05) is 18.2 Å². The number of ether oxygens (including phenoxy) is 1. The van der Waals surface area contributed by atoms with Gasteiger partial charge in [-0.15, -0.1) is 0 Å². The summed E-state index contributed by atoms with van der Waals surface area (Å²) in [6.45, 7) is 0. The molecule has 0 fully saturated rings. The number of nitrogen functional groups attached to an aromatic ring is 1. The first-order chi connectivity index (χ1) is 5.77. The smallest absolute Gasteiger partial charge is 0.211 e. The molecule has 12 heavy (non-hydrogen) atoms. The number of nitrogens with one attached hydrogen (secondary N) is 1. The quantitative estimate of drug-likeness (QED) is 0.516. The summed E-state index contributed by atoms with van der Waals surface area (Å²) in [4.78, 5) is 10.1. The Labute approximate surface area is 70.3 Å². The molecule has 0 saturated carbocycles. The second-order valence-electron chi connectivity index (χ2n) is 2.22. The van der Waals surface area contributed by atoms with Crippen LogP contribution in [-0.2, 0) is 4.79 Å². The van der Waals surface area contributed by atoms with Crippen LogP contribution >= 0.6 is 0 Å². The van der Waals surface area contributed by atoms with E-state index < -0.39 is 0 Å². The van der Waals surface area contributed by atoms with Gasteiger partial charge >= 0.3 is 0 Å². The van der Waals surface area contributed by atoms with E-state index in [1.54, 1.807) is 25.3 Å². The highest BCUT2D eigenvalue weighted by Crippen LogP contribution is 2.23. The molecule has 1 aromatic rings. The Bertz CT molecular complexity index is 286. The molecule has 0 aliphatic carbocycles. The van der Waals surface area contributed by atoms with E-state index in [1.807, 2.05) is 0 Å². The van der Waals surface area contributed by atoms with Crippen LogP contribution in [0.3, 0.4) is 0 Å². The third kappa shape index (κ3) is 1.66. The van der Waals surface area contributed by atoms with Crippen LogP contribution < -0.4 is 15.8 Å². The standard InChI is InChI=1S/C8H10N2O2/c1-12-6-2-3-8(10-5-11)7(9)4-6/h2-5H,9H2,1H3,(H,10,11). The van der Waals surface area contributed by atoms with Crippen LogP contribution in [-0.4, -0.2) is 13.5 Å². The molecule has 1 amide bonds. The van der Waals surface area contributed by atoms with Gasteiger partial charge in [-0.05, 0) is 12.1 Å². The molecule has 0 heterocycles. The predicted octanol–water partition coefficient (Wildman–Crippen LogP) is 0.846. The van der Waals surface area contributed by atoms with Gasteiger partial charge in [0.05, 0.1) is 18.5 Å². The molecule has 64 valence electrons. The SMILES string of the molecule is COc1ccc(NC=O)c(N)c1. The Morgan fingerprint density at radius 3 is 2.83 bits per heavy atom. The molecular weight excluding hydrogens is 156 g/mol. The summed E-state index contributed by atoms with van der Waals surface area (Å²) in [6, 6.07) is 5.05. The minimum absolute atomic E-state index is 0.487. The van der Waals surface area contributed by atoms with Gasteiger partial charge in [-0.2, -0.15) is 0 Å². The maximum Gasteiger partial charge on any atom is 0.211 e. The van der Waals surface area contributed by atoms with Gasteiger partial charge in [0, 0.05) is 6.07 Å². The molecule has 0 spiro atoms. The molecule has 0 atom stereocenters. The van der Waals surface area contributed by atoms with E-state index in [1.165, 1.54) is 0 Å². The Kier molecular flexibility index (Phi) is 2.53. The zero-order valence-electron chi connectivity index (χ0n) is 6.70. The minimum Gasteiger partial charge on any atom is -0.497 e. The normalized spacial score (nSPS) is 9.08. The molecular formula is C8H10N2O2. The highest BCUT2D eigenvalue weighted by molar-refractivity contribution is 5.80. The van der Waals surface area contributed by atoms with E-state index in [0.29, 0.717) is 23.5 Å². The fourth-order valence-corrected chi connectivity index (χ4v) is 0.863. The Hall–Kier alpha value is -1.71. The van der Waals surface area contributed by atoms with E-state index in [-0.39, 0.29) is 0 Å². The molecule has 1 aromatic carbocycles. The van der Waals surface area contributed by atoms with Crippen LogP contribution in [0.25, 0.3) is 0 Å². The summed E-state index contributed by atoms with van der Waals surface area (Å²) in [5.74, 6) is 0.670. The van der Waals surface area contributed by atoms with Gasteiger partial charge in [0.2, 0.25) is 6.41 Å². The number of anilines is 2. The molecule has 0 saturated heterocycles. The molecule has 4 nitrogen and oxygen atoms in total. The largest absolute Gasteiger partial charge is 0.497 e. The second kappa shape index (κ2) is 3.61. The highest BCUT2D eigenvalue weighted by Gasteiger charge is 1.98. The predicted molar refractivity (Wildman–Crippen MR) is 47.1 cm³/mol. The Morgan fingerprint density at radius 1 is 1.58 bits per heavy atom. The van der Waals surface area contributed by atoms with E-state index in [4.69, 9.17) is 10.5 Å². The van der Waals surface area contributed by atoms with E-state index in [2.05, 4.69) is 5.32 Å². The molecule has 1 rings (SSSR count). The van der Waals surface area contributed by atoms with Crippen molar-refractivity contribution in [2.24, 2.45) is 0 Å². The van der Waals surface area contributed by atoms with E-state index in [9.17, 15) is 4.79 Å². The van der Waals surface area contributed by atoms with Gasteiger partial charge in [0.1, 0.15) is 5.75 Å². The van der Waals surface area contributed by atoms with Crippen LogP contribution in [0.15, 0.2) is 18.2 Å². The molecule has 0 bridgehead atoms. The zero-order valence-corrected chi connectivity index (χ0v) is 6.70. The summed E-state index contributed by atoms with van der Waals surface area (Å²) in [5, 5.41) is 2.47. The van der Waals surface area contributed by atoms with Gasteiger partial charge < -0.3 is 15.8 Å². The van der Waals surface area contributed by atoms with E-state index in [0.717, 1.165) is 0 Å². The molecule has 3 N–H and O–H groups in total. The van der Waals surface area contributed by atoms with Crippen LogP contribution in [0.1, 0.15) is 0 Å². The summed E-state index contributed by atoms with van der Waals surface area (Å²) in [7, 11) is 1.56. The van der Waals surface area contributed by atoms with Gasteiger partial charge in [0.15, 0.2) is 0 Å². The Balaban J connectivity index is 2.94. The third-order valence-corrected chi connectivity index (χ3v) is 1.47. The van der Waals surface area contributed by atoms with Crippen molar-refractivity contribution in [3.8, 4) is 5.75 Å². The van der Waals surface area contributed by atoms with Crippen molar-refractivity contribution in [3.63, 3.8) is 0 Å². The lowest BCUT2D eigenvalue weighted by Crippen LogP contribution is -1.99. The van der Waals surface area contributed by atoms with Crippen molar-refractivity contribution in [1.29, 1.82) is 0 Å². The highest BCUT2D eigenvalue weighted by atomic mass is 16.5. The van der Waals surface area contributed by atoms with Gasteiger partial charge in [-0.3, -0.25) is 4.79 Å². The van der Waals surface area contributed by atoms with Crippen molar-refractivity contribution < 1.29 is 9.53 Å². The van der Waals surface area contributed by atoms with Crippen molar-refractivity contribution in [3.05, 3.63) is 18.2 Å². The Morgan fingerprint density at radius 2 is 2.33 bits per heavy atom. The monoisotopic (exact) mass is 166 g/mol. The van der Waals surface area contributed by atoms with Crippen molar-refractivity contribution >= 4 is 17.8 Å². The number of nitrogens with two attached hydrogens (primary N) is 1. The average molecular weight is 166 g/mol. The first-order valence-corrected chi connectivity index (χ1v) is 3.41. The third-order valence-electron chi connectivity index (χ3n) is 1.47. The number of carbonyl (C=O) groups excluding carboxylic acids is 1. The summed E-state index contributed by atoms with van der Waals surface area (Å²) in [6.07, 6.45) is 0.582. The zero-order chi connectivity index (χ0) is 8.97. The molecule has 0 aliphatic heterocycles. The number of methoxy groups -OCH3 is 1. The number of rotatable bonds is 3. The van der Waals surface area contributed by atoms with Crippen molar-refractivity contribution in [2.45, 2.75) is 0 Å². The fraction of sp³-hybridized carbons (Fsp3) is 0.125. The number of benzene rings is 1. The van der Waals surface area contributed by atoms with Crippen molar-refractivity contribution in [1.82, 2.24) is 0 Å². The summed E-state index contributed by atoms with van der Waals surface area (Å²) >= 11 is 0. The first kappa shape index (κ1) is 8.39. The molecule has 4 heteroatoms. The lowest BCUT2D eigenvalue weighted by atomic mass is 10.2. The van der Waals surface area contributed by atoms with Crippen LogP contribution in [0.4, 0.5) is 11.4 Å². The average Bonchev–Trinajstić information content (AvgIpc) is 2.09. The summed E-state index contributed by atoms with van der Waals surface area (Å²) in [5.41, 5.74) is 6.66. The minimum atomic E-state index is 0.487. The number of amides is 1. The fourth-order valence-electron chi connectivity index (χ4n) is 0.863. The van der Waals surface area contributed by atoms with Crippen LogP contribution in [0, 0.1) is 0 Å².